The Morgan fingerprint density at radius 2 is 1.79 bits per heavy atom. The second kappa shape index (κ2) is 4.22. The maximum atomic E-state index is 13.5. The highest BCUT2D eigenvalue weighted by Crippen LogP contribution is 2.14. The molecule has 0 saturated carbocycles. The van der Waals surface area contributed by atoms with Gasteiger partial charge in [-0.15, -0.1) is 0 Å². The number of para-hydroxylation sites is 1. The number of likely N-dealkylation sites (tertiary alicyclic amines) is 1. The van der Waals surface area contributed by atoms with Crippen LogP contribution >= 0.6 is 0 Å². The SMILES string of the molecule is FC(=Nc1ccccc1)N1CCCC1. The van der Waals surface area contributed by atoms with Gasteiger partial charge in [-0.1, -0.05) is 18.2 Å². The quantitative estimate of drug-likeness (QED) is 0.379. The molecule has 2 nitrogen and oxygen atoms in total. The summed E-state index contributed by atoms with van der Waals surface area (Å²) in [6.45, 7) is 1.59. The molecule has 0 radical (unpaired) electrons. The molecule has 0 atom stereocenters. The largest absolute Gasteiger partial charge is 0.333 e. The van der Waals surface area contributed by atoms with E-state index >= 15 is 0 Å². The molecule has 1 aliphatic rings. The van der Waals surface area contributed by atoms with E-state index in [-0.39, 0.29) is 6.09 Å². The number of hydrogen-bond donors (Lipinski definition) is 0. The summed E-state index contributed by atoms with van der Waals surface area (Å²) in [6.07, 6.45) is 1.78. The fourth-order valence-electron chi connectivity index (χ4n) is 1.58. The van der Waals surface area contributed by atoms with Crippen molar-refractivity contribution in [1.29, 1.82) is 0 Å². The van der Waals surface area contributed by atoms with Gasteiger partial charge in [0.1, 0.15) is 0 Å². The van der Waals surface area contributed by atoms with Crippen molar-refractivity contribution >= 4 is 11.8 Å². The van der Waals surface area contributed by atoms with Crippen LogP contribution in [0.5, 0.6) is 0 Å². The normalized spacial score (nSPS) is 17.5. The highest BCUT2D eigenvalue weighted by Gasteiger charge is 2.15. The lowest BCUT2D eigenvalue weighted by molar-refractivity contribution is 0.456. The van der Waals surface area contributed by atoms with Gasteiger partial charge in [0.05, 0.1) is 5.69 Å². The molecule has 1 aromatic carbocycles. The molecule has 1 heterocycles. The van der Waals surface area contributed by atoms with Gasteiger partial charge in [-0.05, 0) is 25.0 Å². The minimum Gasteiger partial charge on any atom is -0.333 e. The van der Waals surface area contributed by atoms with E-state index in [1.807, 2.05) is 18.2 Å². The summed E-state index contributed by atoms with van der Waals surface area (Å²) >= 11 is 0. The van der Waals surface area contributed by atoms with Gasteiger partial charge in [-0.3, -0.25) is 0 Å². The van der Waals surface area contributed by atoms with E-state index in [1.54, 1.807) is 17.0 Å². The Balaban J connectivity index is 2.10. The van der Waals surface area contributed by atoms with E-state index in [0.717, 1.165) is 25.9 Å². The molecule has 0 aromatic heterocycles. The molecule has 14 heavy (non-hydrogen) atoms. The van der Waals surface area contributed by atoms with Crippen LogP contribution in [0.15, 0.2) is 35.3 Å². The maximum Gasteiger partial charge on any atom is 0.285 e. The first-order valence-electron chi connectivity index (χ1n) is 4.90. The summed E-state index contributed by atoms with van der Waals surface area (Å²) in [5, 5.41) is 0. The molecule has 0 bridgehead atoms. The van der Waals surface area contributed by atoms with Crippen molar-refractivity contribution in [1.82, 2.24) is 4.90 Å². The number of hydrogen-bond acceptors (Lipinski definition) is 1. The van der Waals surface area contributed by atoms with Gasteiger partial charge in [0.25, 0.3) is 6.09 Å². The molecule has 2 rings (SSSR count). The van der Waals surface area contributed by atoms with E-state index in [9.17, 15) is 4.39 Å². The average molecular weight is 192 g/mol. The van der Waals surface area contributed by atoms with Crippen LogP contribution in [0.4, 0.5) is 10.1 Å². The second-order valence-electron chi connectivity index (χ2n) is 3.41. The molecule has 74 valence electrons. The van der Waals surface area contributed by atoms with Gasteiger partial charge in [0.2, 0.25) is 0 Å². The standard InChI is InChI=1S/C11H13FN2/c12-11(14-8-4-5-9-14)13-10-6-2-1-3-7-10/h1-3,6-7H,4-5,8-9H2. The summed E-state index contributed by atoms with van der Waals surface area (Å²) < 4.78 is 13.5. The predicted molar refractivity (Wildman–Crippen MR) is 55.5 cm³/mol. The third-order valence-corrected chi connectivity index (χ3v) is 2.34. The van der Waals surface area contributed by atoms with Crippen molar-refractivity contribution in [2.24, 2.45) is 4.99 Å². The topological polar surface area (TPSA) is 15.6 Å². The molecule has 0 unspecified atom stereocenters. The smallest absolute Gasteiger partial charge is 0.285 e. The number of benzene rings is 1. The van der Waals surface area contributed by atoms with Gasteiger partial charge >= 0.3 is 0 Å². The molecule has 1 fully saturated rings. The van der Waals surface area contributed by atoms with E-state index in [1.165, 1.54) is 0 Å². The van der Waals surface area contributed by atoms with Crippen LogP contribution in [-0.2, 0) is 0 Å². The van der Waals surface area contributed by atoms with Crippen LogP contribution in [0.2, 0.25) is 0 Å². The van der Waals surface area contributed by atoms with Crippen molar-refractivity contribution < 1.29 is 4.39 Å². The Kier molecular flexibility index (Phi) is 2.77. The van der Waals surface area contributed by atoms with E-state index in [4.69, 9.17) is 0 Å². The average Bonchev–Trinajstić information content (AvgIpc) is 2.72. The number of amidine groups is 1. The molecule has 1 aliphatic heterocycles. The lowest BCUT2D eigenvalue weighted by Gasteiger charge is -2.12. The molecule has 0 amide bonds. The summed E-state index contributed by atoms with van der Waals surface area (Å²) in [5.74, 6) is 0. The highest BCUT2D eigenvalue weighted by atomic mass is 19.1. The van der Waals surface area contributed by atoms with Crippen LogP contribution < -0.4 is 0 Å². The lowest BCUT2D eigenvalue weighted by Crippen LogP contribution is -2.23. The number of halogens is 1. The Bertz CT molecular complexity index is 315. The van der Waals surface area contributed by atoms with Crippen molar-refractivity contribution in [3.05, 3.63) is 30.3 Å². The van der Waals surface area contributed by atoms with E-state index < -0.39 is 0 Å². The van der Waals surface area contributed by atoms with Crippen LogP contribution in [0.3, 0.4) is 0 Å². The zero-order chi connectivity index (χ0) is 9.80. The Labute approximate surface area is 83.1 Å². The first-order chi connectivity index (χ1) is 6.86. The van der Waals surface area contributed by atoms with Crippen LogP contribution in [-0.4, -0.2) is 24.1 Å². The number of aliphatic imine (C=N–C) groups is 1. The zero-order valence-electron chi connectivity index (χ0n) is 7.99. The molecular formula is C11H13FN2. The second-order valence-corrected chi connectivity index (χ2v) is 3.41. The Morgan fingerprint density at radius 3 is 2.43 bits per heavy atom. The van der Waals surface area contributed by atoms with Crippen LogP contribution in [0.1, 0.15) is 12.8 Å². The fourth-order valence-corrected chi connectivity index (χ4v) is 1.58. The fraction of sp³-hybridized carbons (Fsp3) is 0.364. The first kappa shape index (κ1) is 9.19. The van der Waals surface area contributed by atoms with Gasteiger partial charge < -0.3 is 4.90 Å². The summed E-state index contributed by atoms with van der Waals surface area (Å²) in [7, 11) is 0. The first-order valence-corrected chi connectivity index (χ1v) is 4.90. The van der Waals surface area contributed by atoms with Crippen LogP contribution in [0, 0.1) is 0 Å². The lowest BCUT2D eigenvalue weighted by atomic mass is 10.3. The third-order valence-electron chi connectivity index (χ3n) is 2.34. The molecule has 0 spiro atoms. The van der Waals surface area contributed by atoms with E-state index in [0.29, 0.717) is 5.69 Å². The van der Waals surface area contributed by atoms with Gasteiger partial charge in [-0.2, -0.15) is 4.39 Å². The van der Waals surface area contributed by atoms with Gasteiger partial charge in [-0.25, -0.2) is 4.99 Å². The molecular weight excluding hydrogens is 179 g/mol. The molecule has 3 heteroatoms. The third kappa shape index (κ3) is 2.10. The zero-order valence-corrected chi connectivity index (χ0v) is 7.99. The van der Waals surface area contributed by atoms with Crippen molar-refractivity contribution in [3.63, 3.8) is 0 Å². The summed E-state index contributed by atoms with van der Waals surface area (Å²) in [4.78, 5) is 5.60. The Hall–Kier alpha value is -1.38. The number of rotatable bonds is 1. The Morgan fingerprint density at radius 1 is 1.14 bits per heavy atom. The summed E-state index contributed by atoms with van der Waals surface area (Å²) in [5.41, 5.74) is 0.678. The number of nitrogens with zero attached hydrogens (tertiary/aromatic N) is 2. The highest BCUT2D eigenvalue weighted by molar-refractivity contribution is 5.76. The maximum absolute atomic E-state index is 13.5. The van der Waals surface area contributed by atoms with E-state index in [2.05, 4.69) is 4.99 Å². The van der Waals surface area contributed by atoms with Crippen molar-refractivity contribution in [2.45, 2.75) is 12.8 Å². The van der Waals surface area contributed by atoms with Gasteiger partial charge in [0.15, 0.2) is 0 Å². The minimum absolute atomic E-state index is 0.353. The van der Waals surface area contributed by atoms with Gasteiger partial charge in [0, 0.05) is 13.1 Å². The van der Waals surface area contributed by atoms with Crippen LogP contribution in [0.25, 0.3) is 0 Å². The van der Waals surface area contributed by atoms with Crippen molar-refractivity contribution in [3.8, 4) is 0 Å². The molecule has 0 N–H and O–H groups in total. The molecule has 1 saturated heterocycles. The monoisotopic (exact) mass is 192 g/mol. The minimum atomic E-state index is -0.353. The predicted octanol–water partition coefficient (Wildman–Crippen LogP) is 2.74. The van der Waals surface area contributed by atoms with Crippen molar-refractivity contribution in [2.75, 3.05) is 13.1 Å². The molecule has 0 aliphatic carbocycles. The molecule has 1 aromatic rings. The summed E-state index contributed by atoms with van der Waals surface area (Å²) in [6, 6.07) is 9.21.